The van der Waals surface area contributed by atoms with Gasteiger partial charge in [0.1, 0.15) is 0 Å². The van der Waals surface area contributed by atoms with Crippen LogP contribution in [-0.2, 0) is 4.74 Å². The smallest absolute Gasteiger partial charge is 0.0707 e. The molecule has 1 nitrogen and oxygen atoms in total. The summed E-state index contributed by atoms with van der Waals surface area (Å²) in [7, 11) is 0. The van der Waals surface area contributed by atoms with Gasteiger partial charge in [-0.05, 0) is 13.3 Å². The second kappa shape index (κ2) is 5.39. The summed E-state index contributed by atoms with van der Waals surface area (Å²) in [6.07, 6.45) is 1.28. The van der Waals surface area contributed by atoms with E-state index in [0.29, 0.717) is 5.88 Å². The Kier molecular flexibility index (Phi) is 5.56. The maximum Gasteiger partial charge on any atom is 0.0707 e. The van der Waals surface area contributed by atoms with Crippen LogP contribution in [0.25, 0.3) is 0 Å². The molecule has 0 aliphatic rings. The van der Waals surface area contributed by atoms with Gasteiger partial charge in [0.2, 0.25) is 0 Å². The summed E-state index contributed by atoms with van der Waals surface area (Å²) >= 11 is 5.52. The van der Waals surface area contributed by atoms with Gasteiger partial charge < -0.3 is 4.74 Å². The minimum atomic E-state index is 0.265. The molecule has 2 heteroatoms. The van der Waals surface area contributed by atoms with E-state index >= 15 is 0 Å². The van der Waals surface area contributed by atoms with Crippen molar-refractivity contribution in [2.75, 3.05) is 12.5 Å². The fourth-order valence-electron chi connectivity index (χ4n) is 0.507. The fourth-order valence-corrected chi connectivity index (χ4v) is 0.815. The molecular weight excluding hydrogens is 124 g/mol. The van der Waals surface area contributed by atoms with Gasteiger partial charge in [-0.1, -0.05) is 6.92 Å². The van der Waals surface area contributed by atoms with Crippen LogP contribution in [0.2, 0.25) is 0 Å². The van der Waals surface area contributed by atoms with Crippen LogP contribution in [0.4, 0.5) is 0 Å². The predicted molar refractivity (Wildman–Crippen MR) is 36.4 cm³/mol. The van der Waals surface area contributed by atoms with E-state index in [4.69, 9.17) is 16.3 Å². The van der Waals surface area contributed by atoms with Crippen LogP contribution in [0.5, 0.6) is 0 Å². The normalized spacial score (nSPS) is 13.9. The first-order valence-corrected chi connectivity index (χ1v) is 3.56. The number of hydrogen-bond acceptors (Lipinski definition) is 1. The minimum absolute atomic E-state index is 0.265. The van der Waals surface area contributed by atoms with Crippen molar-refractivity contribution in [1.29, 1.82) is 0 Å². The van der Waals surface area contributed by atoms with E-state index in [9.17, 15) is 0 Å². The molecule has 0 radical (unpaired) electrons. The average molecular weight is 137 g/mol. The maximum atomic E-state index is 5.52. The van der Waals surface area contributed by atoms with Gasteiger partial charge in [0.05, 0.1) is 6.10 Å². The Morgan fingerprint density at radius 3 is 2.25 bits per heavy atom. The summed E-state index contributed by atoms with van der Waals surface area (Å²) in [4.78, 5) is 0. The Bertz CT molecular complexity index is 43.8. The molecule has 0 aliphatic heterocycles. The molecule has 0 aliphatic carbocycles. The van der Waals surface area contributed by atoms with Crippen molar-refractivity contribution in [2.24, 2.45) is 0 Å². The van der Waals surface area contributed by atoms with Crippen molar-refractivity contribution < 1.29 is 4.74 Å². The molecule has 0 rings (SSSR count). The summed E-state index contributed by atoms with van der Waals surface area (Å²) < 4.78 is 5.21. The summed E-state index contributed by atoms with van der Waals surface area (Å²) in [6, 6.07) is 0. The predicted octanol–water partition coefficient (Wildman–Crippen LogP) is 2.04. The maximum absolute atomic E-state index is 5.52. The van der Waals surface area contributed by atoms with Gasteiger partial charge in [0.15, 0.2) is 0 Å². The standard InChI is InChI=1S/C6H13ClO/c1-3-6(5-7)8-4-2/h6H,3-5H2,1-2H3. The van der Waals surface area contributed by atoms with Crippen LogP contribution < -0.4 is 0 Å². The third-order valence-corrected chi connectivity index (χ3v) is 1.37. The molecule has 0 spiro atoms. The lowest BCUT2D eigenvalue weighted by atomic mass is 10.3. The lowest BCUT2D eigenvalue weighted by molar-refractivity contribution is 0.0763. The first-order chi connectivity index (χ1) is 3.85. The number of halogens is 1. The highest BCUT2D eigenvalue weighted by Gasteiger charge is 2.00. The summed E-state index contributed by atoms with van der Waals surface area (Å²) in [5.74, 6) is 0.615. The zero-order valence-electron chi connectivity index (χ0n) is 5.48. The molecule has 0 bridgehead atoms. The van der Waals surface area contributed by atoms with Gasteiger partial charge in [0.25, 0.3) is 0 Å². The molecule has 1 unspecified atom stereocenters. The summed E-state index contributed by atoms with van der Waals surface area (Å²) in [5, 5.41) is 0. The Labute approximate surface area is 56.0 Å². The van der Waals surface area contributed by atoms with Gasteiger partial charge in [0, 0.05) is 12.5 Å². The van der Waals surface area contributed by atoms with Crippen LogP contribution in [0, 0.1) is 0 Å². The van der Waals surface area contributed by atoms with Crippen LogP contribution in [0.3, 0.4) is 0 Å². The SMILES string of the molecule is CCOC(CC)CCl. The van der Waals surface area contributed by atoms with E-state index in [1.165, 1.54) is 0 Å². The molecule has 1 atom stereocenters. The van der Waals surface area contributed by atoms with E-state index < -0.39 is 0 Å². The highest BCUT2D eigenvalue weighted by Crippen LogP contribution is 1.98. The van der Waals surface area contributed by atoms with Crippen LogP contribution in [-0.4, -0.2) is 18.6 Å². The lowest BCUT2D eigenvalue weighted by Gasteiger charge is -2.09. The molecule has 50 valence electrons. The minimum Gasteiger partial charge on any atom is -0.377 e. The van der Waals surface area contributed by atoms with Gasteiger partial charge in [-0.15, -0.1) is 11.6 Å². The number of alkyl halides is 1. The third kappa shape index (κ3) is 3.28. The van der Waals surface area contributed by atoms with Crippen molar-refractivity contribution >= 4 is 11.6 Å². The molecule has 8 heavy (non-hydrogen) atoms. The molecule has 0 N–H and O–H groups in total. The van der Waals surface area contributed by atoms with Crippen LogP contribution >= 0.6 is 11.6 Å². The first kappa shape index (κ1) is 8.25. The van der Waals surface area contributed by atoms with Gasteiger partial charge in [-0.2, -0.15) is 0 Å². The number of rotatable bonds is 4. The third-order valence-electron chi connectivity index (χ3n) is 1.03. The second-order valence-electron chi connectivity index (χ2n) is 1.64. The van der Waals surface area contributed by atoms with E-state index in [0.717, 1.165) is 13.0 Å². The van der Waals surface area contributed by atoms with Gasteiger partial charge >= 0.3 is 0 Å². The van der Waals surface area contributed by atoms with E-state index in [-0.39, 0.29) is 6.10 Å². The molecule has 0 heterocycles. The monoisotopic (exact) mass is 136 g/mol. The average Bonchev–Trinajstić information content (AvgIpc) is 1.83. The zero-order chi connectivity index (χ0) is 6.41. The van der Waals surface area contributed by atoms with Crippen molar-refractivity contribution in [3.63, 3.8) is 0 Å². The Morgan fingerprint density at radius 2 is 2.12 bits per heavy atom. The molecule has 0 fully saturated rings. The quantitative estimate of drug-likeness (QED) is 0.538. The van der Waals surface area contributed by atoms with Crippen molar-refractivity contribution in [3.8, 4) is 0 Å². The van der Waals surface area contributed by atoms with Crippen molar-refractivity contribution in [2.45, 2.75) is 26.4 Å². The Morgan fingerprint density at radius 1 is 1.50 bits per heavy atom. The highest BCUT2D eigenvalue weighted by molar-refractivity contribution is 6.18. The fraction of sp³-hybridized carbons (Fsp3) is 1.00. The zero-order valence-corrected chi connectivity index (χ0v) is 6.24. The van der Waals surface area contributed by atoms with Crippen molar-refractivity contribution in [3.05, 3.63) is 0 Å². The van der Waals surface area contributed by atoms with Gasteiger partial charge in [-0.25, -0.2) is 0 Å². The van der Waals surface area contributed by atoms with Crippen LogP contribution in [0.15, 0.2) is 0 Å². The van der Waals surface area contributed by atoms with E-state index in [1.807, 2.05) is 6.92 Å². The number of ether oxygens (including phenoxy) is 1. The van der Waals surface area contributed by atoms with E-state index in [2.05, 4.69) is 6.92 Å². The largest absolute Gasteiger partial charge is 0.377 e. The molecule has 0 saturated heterocycles. The lowest BCUT2D eigenvalue weighted by Crippen LogP contribution is -2.12. The number of hydrogen-bond donors (Lipinski definition) is 0. The van der Waals surface area contributed by atoms with E-state index in [1.54, 1.807) is 0 Å². The summed E-state index contributed by atoms with van der Waals surface area (Å²) in [5.41, 5.74) is 0. The molecule has 0 saturated carbocycles. The van der Waals surface area contributed by atoms with Gasteiger partial charge in [-0.3, -0.25) is 0 Å². The molecular formula is C6H13ClO. The summed E-state index contributed by atoms with van der Waals surface area (Å²) in [6.45, 7) is 4.82. The Hall–Kier alpha value is 0.250. The topological polar surface area (TPSA) is 9.23 Å². The second-order valence-corrected chi connectivity index (χ2v) is 1.95. The Balaban J connectivity index is 3.07. The van der Waals surface area contributed by atoms with Crippen molar-refractivity contribution in [1.82, 2.24) is 0 Å². The molecule has 0 aromatic heterocycles. The highest BCUT2D eigenvalue weighted by atomic mass is 35.5. The molecule has 0 aromatic carbocycles. The molecule has 0 amide bonds. The van der Waals surface area contributed by atoms with Crippen LogP contribution in [0.1, 0.15) is 20.3 Å². The first-order valence-electron chi connectivity index (χ1n) is 3.02. The molecule has 0 aromatic rings.